The summed E-state index contributed by atoms with van der Waals surface area (Å²) in [6.45, 7) is 6.59. The Morgan fingerprint density at radius 1 is 1.35 bits per heavy atom. The zero-order chi connectivity index (χ0) is 14.7. The van der Waals surface area contributed by atoms with Crippen LogP contribution < -0.4 is 10.2 Å². The Morgan fingerprint density at radius 3 is 2.55 bits per heavy atom. The predicted molar refractivity (Wildman–Crippen MR) is 86.0 cm³/mol. The van der Waals surface area contributed by atoms with E-state index in [1.54, 1.807) is 6.07 Å². The van der Waals surface area contributed by atoms with Gasteiger partial charge < -0.3 is 10.2 Å². The zero-order valence-electron chi connectivity index (χ0n) is 11.8. The van der Waals surface area contributed by atoms with Gasteiger partial charge in [-0.15, -0.1) is 11.6 Å². The average Bonchev–Trinajstić information content (AvgIpc) is 2.37. The molecule has 1 saturated heterocycles. The van der Waals surface area contributed by atoms with Gasteiger partial charge in [-0.3, -0.25) is 4.79 Å². The number of carbonyl (C=O) groups excluding carboxylic acids is 1. The highest BCUT2D eigenvalue weighted by Crippen LogP contribution is 2.33. The molecule has 1 aromatic carbocycles. The maximum Gasteiger partial charge on any atom is 0.239 e. The SMILES string of the molecule is C[C@@H]1C[C@H](C)CN(c2ccc(NC(=O)CCl)cc2Cl)C1. The van der Waals surface area contributed by atoms with E-state index in [1.807, 2.05) is 12.1 Å². The molecule has 0 aliphatic carbocycles. The van der Waals surface area contributed by atoms with Crippen LogP contribution in [0.5, 0.6) is 0 Å². The zero-order valence-corrected chi connectivity index (χ0v) is 13.3. The van der Waals surface area contributed by atoms with E-state index < -0.39 is 0 Å². The second-order valence-electron chi connectivity index (χ2n) is 5.70. The molecular weight excluding hydrogens is 295 g/mol. The molecular formula is C15H20Cl2N2O. The third-order valence-corrected chi connectivity index (χ3v) is 4.11. The Morgan fingerprint density at radius 2 is 2.00 bits per heavy atom. The molecule has 1 heterocycles. The molecule has 20 heavy (non-hydrogen) atoms. The number of hydrogen-bond donors (Lipinski definition) is 1. The first-order chi connectivity index (χ1) is 9.49. The second-order valence-corrected chi connectivity index (χ2v) is 6.37. The normalized spacial score (nSPS) is 22.7. The van der Waals surface area contributed by atoms with Crippen molar-refractivity contribution in [1.82, 2.24) is 0 Å². The lowest BCUT2D eigenvalue weighted by molar-refractivity contribution is -0.113. The van der Waals surface area contributed by atoms with Gasteiger partial charge in [-0.1, -0.05) is 25.4 Å². The number of amides is 1. The highest BCUT2D eigenvalue weighted by molar-refractivity contribution is 6.33. The van der Waals surface area contributed by atoms with E-state index >= 15 is 0 Å². The minimum absolute atomic E-state index is 0.0550. The Bertz CT molecular complexity index is 483. The average molecular weight is 315 g/mol. The van der Waals surface area contributed by atoms with Crippen molar-refractivity contribution in [2.24, 2.45) is 11.8 Å². The smallest absolute Gasteiger partial charge is 0.239 e. The van der Waals surface area contributed by atoms with Crippen LogP contribution in [0.15, 0.2) is 18.2 Å². The number of nitrogens with one attached hydrogen (secondary N) is 1. The second kappa shape index (κ2) is 6.68. The summed E-state index contributed by atoms with van der Waals surface area (Å²) in [5.74, 6) is 1.06. The maximum atomic E-state index is 11.3. The van der Waals surface area contributed by atoms with Crippen LogP contribution in [0.1, 0.15) is 20.3 Å². The molecule has 3 nitrogen and oxygen atoms in total. The van der Waals surface area contributed by atoms with E-state index in [0.717, 1.165) is 18.8 Å². The minimum atomic E-state index is -0.226. The Kier molecular flexibility index (Phi) is 5.17. The summed E-state index contributed by atoms with van der Waals surface area (Å²) in [6.07, 6.45) is 1.26. The topological polar surface area (TPSA) is 32.3 Å². The van der Waals surface area contributed by atoms with E-state index in [4.69, 9.17) is 23.2 Å². The molecule has 0 spiro atoms. The third kappa shape index (κ3) is 3.80. The number of hydrogen-bond acceptors (Lipinski definition) is 2. The number of rotatable bonds is 3. The van der Waals surface area contributed by atoms with E-state index in [9.17, 15) is 4.79 Å². The standard InChI is InChI=1S/C15H20Cl2N2O/c1-10-5-11(2)9-19(8-10)14-4-3-12(6-13(14)17)18-15(20)7-16/h3-4,6,10-11H,5,7-9H2,1-2H3,(H,18,20)/t10-,11+. The van der Waals surface area contributed by atoms with Crippen molar-refractivity contribution < 1.29 is 4.79 Å². The molecule has 1 aromatic rings. The summed E-state index contributed by atoms with van der Waals surface area (Å²) in [5.41, 5.74) is 1.72. The van der Waals surface area contributed by atoms with Crippen molar-refractivity contribution in [3.8, 4) is 0 Å². The quantitative estimate of drug-likeness (QED) is 0.855. The first-order valence-corrected chi connectivity index (χ1v) is 7.81. The van der Waals surface area contributed by atoms with Gasteiger partial charge >= 0.3 is 0 Å². The molecule has 1 aliphatic heterocycles. The lowest BCUT2D eigenvalue weighted by atomic mass is 9.91. The molecule has 1 N–H and O–H groups in total. The van der Waals surface area contributed by atoms with Crippen LogP contribution in [0.3, 0.4) is 0 Å². The van der Waals surface area contributed by atoms with Crippen LogP contribution in [-0.4, -0.2) is 24.9 Å². The molecule has 1 fully saturated rings. The van der Waals surface area contributed by atoms with Crippen LogP contribution in [0.25, 0.3) is 0 Å². The van der Waals surface area contributed by atoms with E-state index in [0.29, 0.717) is 22.5 Å². The Hall–Kier alpha value is -0.930. The fourth-order valence-electron chi connectivity index (χ4n) is 2.90. The van der Waals surface area contributed by atoms with Crippen LogP contribution in [0, 0.1) is 11.8 Å². The van der Waals surface area contributed by atoms with Gasteiger partial charge in [0.05, 0.1) is 10.7 Å². The molecule has 110 valence electrons. The van der Waals surface area contributed by atoms with Gasteiger partial charge in [-0.05, 0) is 36.5 Å². The predicted octanol–water partition coefficient (Wildman–Crippen LogP) is 4.00. The van der Waals surface area contributed by atoms with Gasteiger partial charge in [-0.25, -0.2) is 0 Å². The van der Waals surface area contributed by atoms with Crippen molar-refractivity contribution in [3.63, 3.8) is 0 Å². The molecule has 2 atom stereocenters. The van der Waals surface area contributed by atoms with Gasteiger partial charge in [-0.2, -0.15) is 0 Å². The summed E-state index contributed by atoms with van der Waals surface area (Å²) in [7, 11) is 0. The van der Waals surface area contributed by atoms with Crippen molar-refractivity contribution in [2.45, 2.75) is 20.3 Å². The Labute approximate surface area is 130 Å². The van der Waals surface area contributed by atoms with Crippen molar-refractivity contribution in [1.29, 1.82) is 0 Å². The molecule has 0 aromatic heterocycles. The molecule has 0 radical (unpaired) electrons. The number of anilines is 2. The monoisotopic (exact) mass is 314 g/mol. The molecule has 1 amide bonds. The van der Waals surface area contributed by atoms with Gasteiger partial charge in [0.15, 0.2) is 0 Å². The fourth-order valence-corrected chi connectivity index (χ4v) is 3.26. The molecule has 1 aliphatic rings. The fraction of sp³-hybridized carbons (Fsp3) is 0.533. The van der Waals surface area contributed by atoms with Gasteiger partial charge in [0, 0.05) is 18.8 Å². The van der Waals surface area contributed by atoms with Crippen molar-refractivity contribution >= 4 is 40.5 Å². The number of nitrogens with zero attached hydrogens (tertiary/aromatic N) is 1. The third-order valence-electron chi connectivity index (χ3n) is 3.56. The van der Waals surface area contributed by atoms with E-state index in [2.05, 4.69) is 24.1 Å². The number of piperidine rings is 1. The number of halogens is 2. The lowest BCUT2D eigenvalue weighted by Crippen LogP contribution is -2.38. The number of alkyl halides is 1. The molecule has 0 saturated carbocycles. The highest BCUT2D eigenvalue weighted by atomic mass is 35.5. The largest absolute Gasteiger partial charge is 0.370 e. The maximum absolute atomic E-state index is 11.3. The first kappa shape index (κ1) is 15.5. The summed E-state index contributed by atoms with van der Waals surface area (Å²) in [6, 6.07) is 5.62. The van der Waals surface area contributed by atoms with E-state index in [-0.39, 0.29) is 11.8 Å². The number of carbonyl (C=O) groups is 1. The summed E-state index contributed by atoms with van der Waals surface area (Å²) in [5, 5.41) is 3.37. The summed E-state index contributed by atoms with van der Waals surface area (Å²) in [4.78, 5) is 13.6. The molecule has 2 rings (SSSR count). The molecule has 0 unspecified atom stereocenters. The minimum Gasteiger partial charge on any atom is -0.370 e. The first-order valence-electron chi connectivity index (χ1n) is 6.90. The van der Waals surface area contributed by atoms with Crippen LogP contribution in [0.2, 0.25) is 5.02 Å². The van der Waals surface area contributed by atoms with Gasteiger partial charge in [0.25, 0.3) is 0 Å². The van der Waals surface area contributed by atoms with Gasteiger partial charge in [0.1, 0.15) is 5.88 Å². The van der Waals surface area contributed by atoms with Crippen LogP contribution in [-0.2, 0) is 4.79 Å². The van der Waals surface area contributed by atoms with E-state index in [1.165, 1.54) is 6.42 Å². The van der Waals surface area contributed by atoms with Crippen LogP contribution >= 0.6 is 23.2 Å². The highest BCUT2D eigenvalue weighted by Gasteiger charge is 2.23. The van der Waals surface area contributed by atoms with Gasteiger partial charge in [0.2, 0.25) is 5.91 Å². The Balaban J connectivity index is 2.15. The molecule has 0 bridgehead atoms. The molecule has 5 heteroatoms. The number of benzene rings is 1. The van der Waals surface area contributed by atoms with Crippen molar-refractivity contribution in [3.05, 3.63) is 23.2 Å². The summed E-state index contributed by atoms with van der Waals surface area (Å²) < 4.78 is 0. The lowest BCUT2D eigenvalue weighted by Gasteiger charge is -2.37. The van der Waals surface area contributed by atoms with Crippen LogP contribution in [0.4, 0.5) is 11.4 Å². The van der Waals surface area contributed by atoms with Crippen molar-refractivity contribution in [2.75, 3.05) is 29.2 Å². The summed E-state index contributed by atoms with van der Waals surface area (Å²) >= 11 is 11.8.